The summed E-state index contributed by atoms with van der Waals surface area (Å²) in [4.78, 5) is 36.8. The Morgan fingerprint density at radius 2 is 2.08 bits per heavy atom. The third-order valence-electron chi connectivity index (χ3n) is 4.47. The highest BCUT2D eigenvalue weighted by atomic mass is 19.1. The summed E-state index contributed by atoms with van der Waals surface area (Å²) >= 11 is 0. The van der Waals surface area contributed by atoms with Crippen LogP contribution < -0.4 is 10.2 Å². The normalized spacial score (nSPS) is 19.6. The number of nitrogens with one attached hydrogen (secondary N) is 1. The Bertz CT molecular complexity index is 695. The van der Waals surface area contributed by atoms with Crippen molar-refractivity contribution in [2.24, 2.45) is 11.8 Å². The van der Waals surface area contributed by atoms with E-state index in [4.69, 9.17) is 0 Å². The smallest absolute Gasteiger partial charge is 0.326 e. The topological polar surface area (TPSA) is 86.7 Å². The highest BCUT2D eigenvalue weighted by Crippen LogP contribution is 2.28. The molecule has 6 nitrogen and oxygen atoms in total. The minimum atomic E-state index is -1.14. The molecule has 1 saturated heterocycles. The maximum atomic E-state index is 13.9. The van der Waals surface area contributed by atoms with Crippen LogP contribution >= 0.6 is 0 Å². The van der Waals surface area contributed by atoms with Gasteiger partial charge in [0.15, 0.2) is 0 Å². The van der Waals surface area contributed by atoms with Gasteiger partial charge in [-0.1, -0.05) is 20.3 Å². The van der Waals surface area contributed by atoms with Gasteiger partial charge in [-0.3, -0.25) is 9.59 Å². The number of aliphatic carboxylic acids is 1. The van der Waals surface area contributed by atoms with E-state index >= 15 is 0 Å². The second-order valence-electron chi connectivity index (χ2n) is 6.21. The Kier molecular flexibility index (Phi) is 5.71. The highest BCUT2D eigenvalue weighted by Gasteiger charge is 2.38. The molecule has 0 aliphatic carbocycles. The lowest BCUT2D eigenvalue weighted by Crippen LogP contribution is -2.47. The van der Waals surface area contributed by atoms with Crippen LogP contribution in [0.15, 0.2) is 18.2 Å². The standard InChI is InChI=1S/C17H20F2N2O4/c1-3-9(2)15(17(24)25)20-16(23)10-6-14(22)21(8-10)13-5-4-11(18)7-12(13)19/h4-5,7,9-10,15H,3,6,8H2,1-2H3,(H,20,23)(H,24,25)/t9-,10?,15-/m0/s1. The summed E-state index contributed by atoms with van der Waals surface area (Å²) < 4.78 is 26.9. The first-order valence-electron chi connectivity index (χ1n) is 8.03. The van der Waals surface area contributed by atoms with E-state index < -0.39 is 41.4 Å². The van der Waals surface area contributed by atoms with Gasteiger partial charge in [0.25, 0.3) is 0 Å². The quantitative estimate of drug-likeness (QED) is 0.817. The lowest BCUT2D eigenvalue weighted by Gasteiger charge is -2.22. The molecule has 0 bridgehead atoms. The number of nitrogens with zero attached hydrogens (tertiary/aromatic N) is 1. The van der Waals surface area contributed by atoms with E-state index in [-0.39, 0.29) is 24.6 Å². The van der Waals surface area contributed by atoms with Crippen LogP contribution in [-0.2, 0) is 14.4 Å². The number of benzene rings is 1. The van der Waals surface area contributed by atoms with Crippen LogP contribution in [0.2, 0.25) is 0 Å². The predicted molar refractivity (Wildman–Crippen MR) is 85.8 cm³/mol. The highest BCUT2D eigenvalue weighted by molar-refractivity contribution is 6.00. The van der Waals surface area contributed by atoms with Gasteiger partial charge in [0.1, 0.15) is 17.7 Å². The maximum Gasteiger partial charge on any atom is 0.326 e. The van der Waals surface area contributed by atoms with Crippen LogP contribution in [0.4, 0.5) is 14.5 Å². The molecule has 1 aromatic rings. The predicted octanol–water partition coefficient (Wildman–Crippen LogP) is 1.93. The van der Waals surface area contributed by atoms with Crippen LogP contribution in [-0.4, -0.2) is 35.5 Å². The molecule has 0 spiro atoms. The number of rotatable bonds is 6. The van der Waals surface area contributed by atoms with Crippen LogP contribution in [0.1, 0.15) is 26.7 Å². The largest absolute Gasteiger partial charge is 0.480 e. The number of carboxylic acid groups (broad SMARTS) is 1. The van der Waals surface area contributed by atoms with Gasteiger partial charge in [0.2, 0.25) is 11.8 Å². The summed E-state index contributed by atoms with van der Waals surface area (Å²) in [5.74, 6) is -4.90. The fraction of sp³-hybridized carbons (Fsp3) is 0.471. The molecule has 1 aromatic carbocycles. The van der Waals surface area contributed by atoms with Crippen molar-refractivity contribution < 1.29 is 28.3 Å². The van der Waals surface area contributed by atoms with Crippen molar-refractivity contribution in [2.75, 3.05) is 11.4 Å². The molecule has 1 unspecified atom stereocenters. The summed E-state index contributed by atoms with van der Waals surface area (Å²) in [5, 5.41) is 11.7. The molecular formula is C17H20F2N2O4. The Hall–Kier alpha value is -2.51. The number of halogens is 2. The molecule has 2 N–H and O–H groups in total. The zero-order valence-electron chi connectivity index (χ0n) is 14.0. The number of hydrogen-bond donors (Lipinski definition) is 2. The summed E-state index contributed by atoms with van der Waals surface area (Å²) in [7, 11) is 0. The molecule has 1 fully saturated rings. The molecule has 2 rings (SSSR count). The molecule has 0 aromatic heterocycles. The van der Waals surface area contributed by atoms with E-state index in [0.29, 0.717) is 12.5 Å². The molecule has 2 amide bonds. The summed E-state index contributed by atoms with van der Waals surface area (Å²) in [6.07, 6.45) is 0.406. The molecule has 0 radical (unpaired) electrons. The number of hydrogen-bond acceptors (Lipinski definition) is 3. The van der Waals surface area contributed by atoms with E-state index in [0.717, 1.165) is 17.0 Å². The van der Waals surface area contributed by atoms with Gasteiger partial charge in [0.05, 0.1) is 11.6 Å². The second kappa shape index (κ2) is 7.58. The monoisotopic (exact) mass is 354 g/mol. The van der Waals surface area contributed by atoms with Crippen molar-refractivity contribution in [3.05, 3.63) is 29.8 Å². The van der Waals surface area contributed by atoms with E-state index in [1.54, 1.807) is 6.92 Å². The molecule has 0 saturated carbocycles. The van der Waals surface area contributed by atoms with Gasteiger partial charge in [0, 0.05) is 19.0 Å². The number of carbonyl (C=O) groups is 3. The number of carboxylic acids is 1. The van der Waals surface area contributed by atoms with E-state index in [1.165, 1.54) is 0 Å². The van der Waals surface area contributed by atoms with Gasteiger partial charge in [-0.05, 0) is 18.1 Å². The number of amides is 2. The zero-order chi connectivity index (χ0) is 18.7. The second-order valence-corrected chi connectivity index (χ2v) is 6.21. The molecule has 1 heterocycles. The first kappa shape index (κ1) is 18.8. The Morgan fingerprint density at radius 3 is 2.64 bits per heavy atom. The molecule has 136 valence electrons. The molecule has 1 aliphatic heterocycles. The third-order valence-corrected chi connectivity index (χ3v) is 4.47. The Balaban J connectivity index is 2.11. The van der Waals surface area contributed by atoms with Crippen LogP contribution in [0.25, 0.3) is 0 Å². The van der Waals surface area contributed by atoms with Crippen molar-refractivity contribution in [3.8, 4) is 0 Å². The molecule has 8 heteroatoms. The Labute approximate surface area is 143 Å². The van der Waals surface area contributed by atoms with Crippen LogP contribution in [0, 0.1) is 23.5 Å². The molecule has 3 atom stereocenters. The minimum Gasteiger partial charge on any atom is -0.480 e. The fourth-order valence-electron chi connectivity index (χ4n) is 2.77. The third kappa shape index (κ3) is 4.12. The minimum absolute atomic E-state index is 0.0833. The fourth-order valence-corrected chi connectivity index (χ4v) is 2.77. The zero-order valence-corrected chi connectivity index (χ0v) is 14.0. The first-order chi connectivity index (χ1) is 11.7. The van der Waals surface area contributed by atoms with E-state index in [9.17, 15) is 28.3 Å². The number of anilines is 1. The van der Waals surface area contributed by atoms with Gasteiger partial charge >= 0.3 is 5.97 Å². The first-order valence-corrected chi connectivity index (χ1v) is 8.03. The maximum absolute atomic E-state index is 13.9. The summed E-state index contributed by atoms with van der Waals surface area (Å²) in [6.45, 7) is 3.43. The van der Waals surface area contributed by atoms with Crippen molar-refractivity contribution >= 4 is 23.5 Å². The van der Waals surface area contributed by atoms with Crippen molar-refractivity contribution in [1.82, 2.24) is 5.32 Å². The lowest BCUT2D eigenvalue weighted by atomic mass is 9.98. The number of carbonyl (C=O) groups excluding carboxylic acids is 2. The Morgan fingerprint density at radius 1 is 1.40 bits per heavy atom. The van der Waals surface area contributed by atoms with Gasteiger partial charge in [-0.25, -0.2) is 13.6 Å². The SMILES string of the molecule is CC[C@H](C)[C@H](NC(=O)C1CC(=O)N(c2ccc(F)cc2F)C1)C(=O)O. The van der Waals surface area contributed by atoms with Crippen molar-refractivity contribution in [1.29, 1.82) is 0 Å². The summed E-state index contributed by atoms with van der Waals surface area (Å²) in [6, 6.07) is 1.79. The van der Waals surface area contributed by atoms with Gasteiger partial charge < -0.3 is 15.3 Å². The van der Waals surface area contributed by atoms with Gasteiger partial charge in [-0.2, -0.15) is 0 Å². The van der Waals surface area contributed by atoms with Crippen molar-refractivity contribution in [3.63, 3.8) is 0 Å². The molecular weight excluding hydrogens is 334 g/mol. The van der Waals surface area contributed by atoms with E-state index in [1.807, 2.05) is 6.92 Å². The van der Waals surface area contributed by atoms with Crippen molar-refractivity contribution in [2.45, 2.75) is 32.7 Å². The average molecular weight is 354 g/mol. The van der Waals surface area contributed by atoms with Crippen LogP contribution in [0.3, 0.4) is 0 Å². The average Bonchev–Trinajstić information content (AvgIpc) is 2.93. The van der Waals surface area contributed by atoms with Crippen LogP contribution in [0.5, 0.6) is 0 Å². The molecule has 25 heavy (non-hydrogen) atoms. The lowest BCUT2D eigenvalue weighted by molar-refractivity contribution is -0.143. The summed E-state index contributed by atoms with van der Waals surface area (Å²) in [5.41, 5.74) is -0.0987. The molecule has 1 aliphatic rings. The van der Waals surface area contributed by atoms with E-state index in [2.05, 4.69) is 5.32 Å². The van der Waals surface area contributed by atoms with Gasteiger partial charge in [-0.15, -0.1) is 0 Å².